The molecule has 2 aromatic rings. The lowest BCUT2D eigenvalue weighted by Gasteiger charge is -2.25. The second-order valence-electron chi connectivity index (χ2n) is 7.42. The minimum atomic E-state index is -0.0917. The van der Waals surface area contributed by atoms with Gasteiger partial charge in [0.15, 0.2) is 5.82 Å². The van der Waals surface area contributed by atoms with Crippen molar-refractivity contribution in [3.63, 3.8) is 0 Å². The minimum Gasteiger partial charge on any atom is -0.314 e. The highest BCUT2D eigenvalue weighted by atomic mass is 35.5. The van der Waals surface area contributed by atoms with Crippen LogP contribution in [0.4, 0.5) is 10.5 Å². The number of fused-ring (bicyclic) bond motifs is 1. The Morgan fingerprint density at radius 2 is 2.07 bits per heavy atom. The summed E-state index contributed by atoms with van der Waals surface area (Å²) in [4.78, 5) is 17.2. The van der Waals surface area contributed by atoms with Crippen LogP contribution in [0.15, 0.2) is 18.2 Å². The van der Waals surface area contributed by atoms with E-state index in [1.165, 1.54) is 0 Å². The summed E-state index contributed by atoms with van der Waals surface area (Å²) in [6.07, 6.45) is 2.78. The number of anilines is 1. The number of likely N-dealkylation sites (tertiary alicyclic amines) is 1. The zero-order chi connectivity index (χ0) is 19.0. The molecule has 1 fully saturated rings. The Morgan fingerprint density at radius 1 is 1.22 bits per heavy atom. The summed E-state index contributed by atoms with van der Waals surface area (Å²) in [6.45, 7) is 5.50. The maximum absolute atomic E-state index is 13.0. The molecular weight excluding hydrogens is 364 g/mol. The second kappa shape index (κ2) is 7.48. The van der Waals surface area contributed by atoms with E-state index in [0.717, 1.165) is 68.3 Å². The van der Waals surface area contributed by atoms with E-state index in [0.29, 0.717) is 5.02 Å². The van der Waals surface area contributed by atoms with Crippen LogP contribution in [0.25, 0.3) is 0 Å². The molecule has 2 aliphatic heterocycles. The van der Waals surface area contributed by atoms with Crippen LogP contribution in [0.5, 0.6) is 0 Å². The van der Waals surface area contributed by atoms with Crippen molar-refractivity contribution in [2.75, 3.05) is 32.0 Å². The molecule has 144 valence electrons. The maximum atomic E-state index is 13.0. The average molecular weight is 389 g/mol. The van der Waals surface area contributed by atoms with E-state index in [1.807, 2.05) is 24.0 Å². The molecule has 0 bridgehead atoms. The van der Waals surface area contributed by atoms with E-state index in [1.54, 1.807) is 6.07 Å². The number of carbonyl (C=O) groups excluding carboxylic acids is 1. The molecule has 8 heteroatoms. The maximum Gasteiger partial charge on any atom is 0.322 e. The van der Waals surface area contributed by atoms with Crippen molar-refractivity contribution >= 4 is 23.3 Å². The van der Waals surface area contributed by atoms with Crippen LogP contribution in [0.2, 0.25) is 5.02 Å². The first-order valence-electron chi connectivity index (χ1n) is 9.47. The van der Waals surface area contributed by atoms with Crippen LogP contribution >= 0.6 is 11.6 Å². The lowest BCUT2D eigenvalue weighted by Crippen LogP contribution is -2.36. The third-order valence-corrected chi connectivity index (χ3v) is 5.76. The zero-order valence-corrected chi connectivity index (χ0v) is 16.5. The second-order valence-corrected chi connectivity index (χ2v) is 7.86. The number of benzene rings is 1. The lowest BCUT2D eigenvalue weighted by atomic mass is 10.2. The molecule has 0 aliphatic carbocycles. The van der Waals surface area contributed by atoms with Gasteiger partial charge in [-0.3, -0.25) is 0 Å². The Morgan fingerprint density at radius 3 is 2.89 bits per heavy atom. The first-order chi connectivity index (χ1) is 13.0. The van der Waals surface area contributed by atoms with Crippen LogP contribution in [0.3, 0.4) is 0 Å². The predicted molar refractivity (Wildman–Crippen MR) is 105 cm³/mol. The van der Waals surface area contributed by atoms with Gasteiger partial charge in [-0.1, -0.05) is 11.6 Å². The summed E-state index contributed by atoms with van der Waals surface area (Å²) >= 11 is 6.02. The van der Waals surface area contributed by atoms with E-state index in [9.17, 15) is 4.79 Å². The quantitative estimate of drug-likeness (QED) is 0.858. The van der Waals surface area contributed by atoms with Gasteiger partial charge in [-0.05, 0) is 50.6 Å². The Hall–Kier alpha value is -2.12. The SMILES string of the molecule is Cc1cc(Cl)ccc1NC(=O)N1CCCC1c1nnc2n1CCN(C)CC2. The normalized spacial score (nSPS) is 20.4. The lowest BCUT2D eigenvalue weighted by molar-refractivity contribution is 0.203. The summed E-state index contributed by atoms with van der Waals surface area (Å²) in [5.74, 6) is 1.94. The number of halogens is 1. The van der Waals surface area contributed by atoms with Crippen molar-refractivity contribution in [2.24, 2.45) is 0 Å². The van der Waals surface area contributed by atoms with Gasteiger partial charge in [0, 0.05) is 43.3 Å². The number of likely N-dealkylation sites (N-methyl/N-ethyl adjacent to an activating group) is 1. The molecule has 1 N–H and O–H groups in total. The van der Waals surface area contributed by atoms with E-state index < -0.39 is 0 Å². The van der Waals surface area contributed by atoms with Crippen molar-refractivity contribution in [1.82, 2.24) is 24.6 Å². The highest BCUT2D eigenvalue weighted by Crippen LogP contribution is 2.32. The minimum absolute atomic E-state index is 0.0257. The molecule has 4 rings (SSSR count). The molecule has 2 amide bonds. The number of rotatable bonds is 2. The van der Waals surface area contributed by atoms with Crippen LogP contribution < -0.4 is 5.32 Å². The number of hydrogen-bond acceptors (Lipinski definition) is 4. The molecule has 3 heterocycles. The van der Waals surface area contributed by atoms with Crippen LogP contribution in [0.1, 0.15) is 36.1 Å². The Bertz CT molecular complexity index is 851. The van der Waals surface area contributed by atoms with Crippen molar-refractivity contribution in [1.29, 1.82) is 0 Å². The highest BCUT2D eigenvalue weighted by molar-refractivity contribution is 6.30. The fraction of sp³-hybridized carbons (Fsp3) is 0.526. The number of amides is 2. The smallest absolute Gasteiger partial charge is 0.314 e. The van der Waals surface area contributed by atoms with Crippen molar-refractivity contribution in [2.45, 2.75) is 38.8 Å². The standard InChI is InChI=1S/C19H25ClN6O/c1-13-12-14(20)5-6-15(13)21-19(27)25-8-3-4-16(25)18-23-22-17-7-9-24(2)10-11-26(17)18/h5-6,12,16H,3-4,7-11H2,1-2H3,(H,21,27). The van der Waals surface area contributed by atoms with E-state index in [-0.39, 0.29) is 12.1 Å². The molecule has 1 aromatic carbocycles. The fourth-order valence-corrected chi connectivity index (χ4v) is 4.16. The molecular formula is C19H25ClN6O. The van der Waals surface area contributed by atoms with Gasteiger partial charge in [-0.15, -0.1) is 10.2 Å². The molecule has 27 heavy (non-hydrogen) atoms. The van der Waals surface area contributed by atoms with Crippen LogP contribution in [-0.2, 0) is 13.0 Å². The number of hydrogen-bond donors (Lipinski definition) is 1. The number of carbonyl (C=O) groups is 1. The molecule has 1 aromatic heterocycles. The summed E-state index contributed by atoms with van der Waals surface area (Å²) < 4.78 is 2.22. The molecule has 1 saturated heterocycles. The first kappa shape index (κ1) is 18.3. The third kappa shape index (κ3) is 3.66. The molecule has 0 saturated carbocycles. The third-order valence-electron chi connectivity index (χ3n) is 5.52. The van der Waals surface area contributed by atoms with Crippen molar-refractivity contribution in [3.8, 4) is 0 Å². The molecule has 7 nitrogen and oxygen atoms in total. The number of nitrogens with one attached hydrogen (secondary N) is 1. The van der Waals surface area contributed by atoms with Crippen molar-refractivity contribution < 1.29 is 4.79 Å². The molecule has 2 aliphatic rings. The molecule has 0 radical (unpaired) electrons. The Balaban J connectivity index is 1.54. The number of urea groups is 1. The summed E-state index contributed by atoms with van der Waals surface area (Å²) in [5, 5.41) is 12.6. The fourth-order valence-electron chi connectivity index (χ4n) is 3.93. The average Bonchev–Trinajstić information content (AvgIpc) is 3.22. The molecule has 1 atom stereocenters. The summed E-state index contributed by atoms with van der Waals surface area (Å²) in [7, 11) is 2.13. The van der Waals surface area contributed by atoms with Crippen LogP contribution in [0, 0.1) is 6.92 Å². The van der Waals surface area contributed by atoms with Gasteiger partial charge in [0.1, 0.15) is 5.82 Å². The number of nitrogens with zero attached hydrogens (tertiary/aromatic N) is 5. The summed E-state index contributed by atoms with van der Waals surface area (Å²) in [6, 6.07) is 5.38. The van der Waals surface area contributed by atoms with Crippen LogP contribution in [-0.4, -0.2) is 57.3 Å². The topological polar surface area (TPSA) is 66.3 Å². The van der Waals surface area contributed by atoms with Gasteiger partial charge in [0.25, 0.3) is 0 Å². The number of aromatic nitrogens is 3. The first-order valence-corrected chi connectivity index (χ1v) is 9.85. The van der Waals surface area contributed by atoms with E-state index >= 15 is 0 Å². The summed E-state index contributed by atoms with van der Waals surface area (Å²) in [5.41, 5.74) is 1.74. The highest BCUT2D eigenvalue weighted by Gasteiger charge is 2.34. The monoisotopic (exact) mass is 388 g/mol. The van der Waals surface area contributed by atoms with Gasteiger partial charge in [0.2, 0.25) is 0 Å². The molecule has 1 unspecified atom stereocenters. The van der Waals surface area contributed by atoms with Gasteiger partial charge in [0.05, 0.1) is 6.04 Å². The van der Waals surface area contributed by atoms with Gasteiger partial charge >= 0.3 is 6.03 Å². The van der Waals surface area contributed by atoms with Gasteiger partial charge < -0.3 is 19.7 Å². The van der Waals surface area contributed by atoms with E-state index in [4.69, 9.17) is 11.6 Å². The largest absolute Gasteiger partial charge is 0.322 e. The van der Waals surface area contributed by atoms with Crippen molar-refractivity contribution in [3.05, 3.63) is 40.4 Å². The van der Waals surface area contributed by atoms with Gasteiger partial charge in [-0.2, -0.15) is 0 Å². The zero-order valence-electron chi connectivity index (χ0n) is 15.8. The Labute approximate surface area is 164 Å². The predicted octanol–water partition coefficient (Wildman–Crippen LogP) is 3.10. The number of aryl methyl sites for hydroxylation is 1. The van der Waals surface area contributed by atoms with Gasteiger partial charge in [-0.25, -0.2) is 4.79 Å². The van der Waals surface area contributed by atoms with E-state index in [2.05, 4.69) is 32.0 Å². The Kier molecular flexibility index (Phi) is 5.06. The molecule has 0 spiro atoms.